The summed E-state index contributed by atoms with van der Waals surface area (Å²) in [6.07, 6.45) is 1.89. The fourth-order valence-corrected chi connectivity index (χ4v) is 4.39. The Morgan fingerprint density at radius 1 is 1.29 bits per heavy atom. The first-order valence-corrected chi connectivity index (χ1v) is 11.1. The van der Waals surface area contributed by atoms with Gasteiger partial charge in [0.15, 0.2) is 5.96 Å². The van der Waals surface area contributed by atoms with Gasteiger partial charge in [0.05, 0.1) is 16.9 Å². The van der Waals surface area contributed by atoms with Crippen LogP contribution in [0.5, 0.6) is 0 Å². The van der Waals surface area contributed by atoms with Crippen molar-refractivity contribution in [2.24, 2.45) is 4.99 Å². The zero-order valence-electron chi connectivity index (χ0n) is 16.5. The van der Waals surface area contributed by atoms with Gasteiger partial charge < -0.3 is 20.6 Å². The number of aliphatic hydroxyl groups is 1. The highest BCUT2D eigenvalue weighted by atomic mass is 35.5. The number of thiophene rings is 1. The molecule has 1 aliphatic rings. The number of guanidine groups is 1. The van der Waals surface area contributed by atoms with E-state index in [2.05, 4.69) is 51.7 Å². The molecule has 2 unspecified atom stereocenters. The molecule has 0 radical (unpaired) electrons. The summed E-state index contributed by atoms with van der Waals surface area (Å²) >= 11 is 7.34. The molecule has 1 aromatic heterocycles. The van der Waals surface area contributed by atoms with Crippen LogP contribution < -0.4 is 15.5 Å². The molecule has 0 spiro atoms. The van der Waals surface area contributed by atoms with Gasteiger partial charge in [0.2, 0.25) is 0 Å². The van der Waals surface area contributed by atoms with E-state index in [1.807, 2.05) is 13.0 Å². The Morgan fingerprint density at radius 3 is 2.75 bits per heavy atom. The van der Waals surface area contributed by atoms with Crippen LogP contribution >= 0.6 is 22.9 Å². The van der Waals surface area contributed by atoms with Gasteiger partial charge in [-0.05, 0) is 56.5 Å². The molecule has 1 saturated heterocycles. The maximum Gasteiger partial charge on any atom is 0.191 e. The molecule has 1 aliphatic heterocycles. The summed E-state index contributed by atoms with van der Waals surface area (Å²) in [4.78, 5) is 7.83. The topological polar surface area (TPSA) is 59.9 Å². The minimum absolute atomic E-state index is 0.105. The minimum Gasteiger partial charge on any atom is -0.386 e. The average Bonchev–Trinajstić information content (AvgIpc) is 3.38. The first kappa shape index (κ1) is 21.0. The van der Waals surface area contributed by atoms with Crippen LogP contribution in [0, 0.1) is 0 Å². The van der Waals surface area contributed by atoms with Gasteiger partial charge in [-0.2, -0.15) is 0 Å². The van der Waals surface area contributed by atoms with Crippen molar-refractivity contribution >= 4 is 34.6 Å². The third kappa shape index (κ3) is 5.63. The van der Waals surface area contributed by atoms with E-state index in [0.29, 0.717) is 10.3 Å². The quantitative estimate of drug-likeness (QED) is 0.460. The van der Waals surface area contributed by atoms with Gasteiger partial charge in [-0.15, -0.1) is 11.3 Å². The normalized spacial score (nSPS) is 16.9. The fourth-order valence-electron chi connectivity index (χ4n) is 3.35. The molecule has 2 heterocycles. The summed E-state index contributed by atoms with van der Waals surface area (Å²) in [7, 11) is 0. The standard InChI is InChI=1S/C21H29ClN4OS/c1-3-23-21(24-14-18(27)19-9-10-20(22)28-19)25-15(2)16-7-6-8-17(13-16)26-11-4-5-12-26/h6-10,13,15,18,27H,3-5,11-12,14H2,1-2H3,(H2,23,24,25). The van der Waals surface area contributed by atoms with Crippen LogP contribution in [0.2, 0.25) is 4.34 Å². The third-order valence-corrected chi connectivity index (χ3v) is 6.22. The molecule has 1 aromatic carbocycles. The van der Waals surface area contributed by atoms with E-state index in [-0.39, 0.29) is 12.6 Å². The number of nitrogens with zero attached hydrogens (tertiary/aromatic N) is 2. The number of nitrogens with one attached hydrogen (secondary N) is 2. The van der Waals surface area contributed by atoms with Crippen LogP contribution in [0.3, 0.4) is 0 Å². The van der Waals surface area contributed by atoms with E-state index >= 15 is 0 Å². The SMILES string of the molecule is CCNC(=NCC(O)c1ccc(Cl)s1)NC(C)c1cccc(N2CCCC2)c1. The van der Waals surface area contributed by atoms with Crippen LogP contribution in [0.15, 0.2) is 41.4 Å². The third-order valence-electron chi connectivity index (χ3n) is 4.88. The zero-order valence-corrected chi connectivity index (χ0v) is 18.1. The second-order valence-corrected chi connectivity index (χ2v) is 8.78. The predicted octanol–water partition coefficient (Wildman–Crippen LogP) is 4.35. The smallest absolute Gasteiger partial charge is 0.191 e. The molecular formula is C21H29ClN4OS. The van der Waals surface area contributed by atoms with Crippen molar-refractivity contribution in [3.63, 3.8) is 0 Å². The summed E-state index contributed by atoms with van der Waals surface area (Å²) in [5, 5.41) is 17.1. The Hall–Kier alpha value is -1.76. The summed E-state index contributed by atoms with van der Waals surface area (Å²) in [6, 6.07) is 12.5. The van der Waals surface area contributed by atoms with E-state index in [9.17, 15) is 5.11 Å². The molecular weight excluding hydrogens is 392 g/mol. The number of anilines is 1. The van der Waals surface area contributed by atoms with Crippen LogP contribution in [0.25, 0.3) is 0 Å². The Kier molecular flexibility index (Phi) is 7.59. The molecule has 7 heteroatoms. The van der Waals surface area contributed by atoms with E-state index in [1.54, 1.807) is 6.07 Å². The van der Waals surface area contributed by atoms with Crippen LogP contribution in [0.4, 0.5) is 5.69 Å². The lowest BCUT2D eigenvalue weighted by atomic mass is 10.1. The number of rotatable bonds is 7. The number of aliphatic hydroxyl groups excluding tert-OH is 1. The summed E-state index contributed by atoms with van der Waals surface area (Å²) < 4.78 is 0.676. The molecule has 152 valence electrons. The summed E-state index contributed by atoms with van der Waals surface area (Å²) in [5.74, 6) is 0.697. The minimum atomic E-state index is -0.651. The van der Waals surface area contributed by atoms with Crippen molar-refractivity contribution in [2.75, 3.05) is 31.1 Å². The predicted molar refractivity (Wildman–Crippen MR) is 120 cm³/mol. The van der Waals surface area contributed by atoms with Crippen molar-refractivity contribution in [2.45, 2.75) is 38.8 Å². The molecule has 5 nitrogen and oxygen atoms in total. The highest BCUT2D eigenvalue weighted by Crippen LogP contribution is 2.27. The Balaban J connectivity index is 1.65. The molecule has 1 fully saturated rings. The van der Waals surface area contributed by atoms with Crippen molar-refractivity contribution in [3.8, 4) is 0 Å². The highest BCUT2D eigenvalue weighted by Gasteiger charge is 2.15. The Labute approximate surface area is 176 Å². The second-order valence-electron chi connectivity index (χ2n) is 7.03. The molecule has 28 heavy (non-hydrogen) atoms. The molecule has 3 rings (SSSR count). The van der Waals surface area contributed by atoms with Gasteiger partial charge in [-0.25, -0.2) is 0 Å². The van der Waals surface area contributed by atoms with Crippen LogP contribution in [0.1, 0.15) is 49.3 Å². The molecule has 0 aliphatic carbocycles. The number of halogens is 1. The molecule has 0 bridgehead atoms. The summed E-state index contributed by atoms with van der Waals surface area (Å²) in [6.45, 7) is 7.48. The largest absolute Gasteiger partial charge is 0.386 e. The van der Waals surface area contributed by atoms with Crippen molar-refractivity contribution in [1.82, 2.24) is 10.6 Å². The van der Waals surface area contributed by atoms with Crippen LogP contribution in [-0.2, 0) is 0 Å². The van der Waals surface area contributed by atoms with Crippen molar-refractivity contribution in [1.29, 1.82) is 0 Å². The highest BCUT2D eigenvalue weighted by molar-refractivity contribution is 7.16. The second kappa shape index (κ2) is 10.1. The van der Waals surface area contributed by atoms with Gasteiger partial charge in [-0.1, -0.05) is 23.7 Å². The average molecular weight is 421 g/mol. The maximum absolute atomic E-state index is 10.3. The number of benzene rings is 1. The van der Waals surface area contributed by atoms with Gasteiger partial charge in [-0.3, -0.25) is 4.99 Å². The maximum atomic E-state index is 10.3. The monoisotopic (exact) mass is 420 g/mol. The van der Waals surface area contributed by atoms with E-state index in [4.69, 9.17) is 11.6 Å². The first-order chi connectivity index (χ1) is 13.6. The lowest BCUT2D eigenvalue weighted by Gasteiger charge is -2.22. The van der Waals surface area contributed by atoms with E-state index in [0.717, 1.165) is 24.5 Å². The van der Waals surface area contributed by atoms with E-state index in [1.165, 1.54) is 35.4 Å². The molecule has 2 aromatic rings. The van der Waals surface area contributed by atoms with Gasteiger partial charge >= 0.3 is 0 Å². The molecule has 3 N–H and O–H groups in total. The van der Waals surface area contributed by atoms with Gasteiger partial charge in [0, 0.05) is 30.2 Å². The number of aliphatic imine (C=N–C) groups is 1. The molecule has 2 atom stereocenters. The fraction of sp³-hybridized carbons (Fsp3) is 0.476. The lowest BCUT2D eigenvalue weighted by molar-refractivity contribution is 0.191. The van der Waals surface area contributed by atoms with E-state index < -0.39 is 6.10 Å². The lowest BCUT2D eigenvalue weighted by Crippen LogP contribution is -2.39. The first-order valence-electron chi connectivity index (χ1n) is 9.90. The van der Waals surface area contributed by atoms with Crippen molar-refractivity contribution in [3.05, 3.63) is 51.2 Å². The number of hydrogen-bond donors (Lipinski definition) is 3. The number of hydrogen-bond acceptors (Lipinski definition) is 4. The molecule has 0 amide bonds. The Bertz CT molecular complexity index is 788. The van der Waals surface area contributed by atoms with Gasteiger partial charge in [0.25, 0.3) is 0 Å². The summed E-state index contributed by atoms with van der Waals surface area (Å²) in [5.41, 5.74) is 2.51. The van der Waals surface area contributed by atoms with Crippen LogP contribution in [-0.4, -0.2) is 37.2 Å². The molecule has 0 saturated carbocycles. The van der Waals surface area contributed by atoms with Gasteiger partial charge in [0.1, 0.15) is 6.10 Å². The van der Waals surface area contributed by atoms with Crippen molar-refractivity contribution < 1.29 is 5.11 Å². The Morgan fingerprint density at radius 2 is 2.07 bits per heavy atom. The zero-order chi connectivity index (χ0) is 19.9.